The minimum atomic E-state index is 0.0484. The number of terminal acetylenes is 1. The van der Waals surface area contributed by atoms with Gasteiger partial charge in [-0.15, -0.1) is 12.3 Å². The van der Waals surface area contributed by atoms with E-state index >= 15 is 0 Å². The maximum Gasteiger partial charge on any atom is 0.133 e. The molecule has 0 aliphatic heterocycles. The van der Waals surface area contributed by atoms with E-state index in [4.69, 9.17) is 12.0 Å². The van der Waals surface area contributed by atoms with Crippen LogP contribution < -0.4 is 0 Å². The zero-order chi connectivity index (χ0) is 13.3. The standard InChI is InChI=1S/C13H21N3O/c1-5-7-11(13(2,3)4)10-12(17)8-6-9-15-16-14/h1,11H,6-10H2,2-4H3. The normalized spacial score (nSPS) is 12.4. The Kier molecular flexibility index (Phi) is 7.09. The Morgan fingerprint density at radius 3 is 2.65 bits per heavy atom. The Bertz CT molecular complexity index is 330. The summed E-state index contributed by atoms with van der Waals surface area (Å²) in [6.07, 6.45) is 7.56. The van der Waals surface area contributed by atoms with Gasteiger partial charge in [-0.1, -0.05) is 25.9 Å². The van der Waals surface area contributed by atoms with Crippen molar-refractivity contribution in [3.05, 3.63) is 10.4 Å². The Morgan fingerprint density at radius 1 is 1.53 bits per heavy atom. The van der Waals surface area contributed by atoms with Crippen LogP contribution in [0.2, 0.25) is 0 Å². The lowest BCUT2D eigenvalue weighted by atomic mass is 9.76. The van der Waals surface area contributed by atoms with Crippen LogP contribution in [-0.4, -0.2) is 12.3 Å². The molecule has 1 atom stereocenters. The van der Waals surface area contributed by atoms with Crippen LogP contribution in [0.15, 0.2) is 5.11 Å². The number of nitrogens with zero attached hydrogens (tertiary/aromatic N) is 3. The number of ketones is 1. The largest absolute Gasteiger partial charge is 0.300 e. The first-order chi connectivity index (χ1) is 7.91. The smallest absolute Gasteiger partial charge is 0.133 e. The molecular weight excluding hydrogens is 214 g/mol. The van der Waals surface area contributed by atoms with Gasteiger partial charge in [-0.05, 0) is 23.3 Å². The molecule has 17 heavy (non-hydrogen) atoms. The van der Waals surface area contributed by atoms with Crippen LogP contribution in [0.5, 0.6) is 0 Å². The molecule has 0 radical (unpaired) electrons. The van der Waals surface area contributed by atoms with E-state index in [9.17, 15) is 4.79 Å². The monoisotopic (exact) mass is 235 g/mol. The van der Waals surface area contributed by atoms with E-state index < -0.39 is 0 Å². The lowest BCUT2D eigenvalue weighted by Crippen LogP contribution is -2.23. The summed E-state index contributed by atoms with van der Waals surface area (Å²) >= 11 is 0. The molecule has 0 fully saturated rings. The molecular formula is C13H21N3O. The molecule has 0 heterocycles. The second-order valence-corrected chi connectivity index (χ2v) is 5.27. The van der Waals surface area contributed by atoms with Crippen LogP contribution in [0.3, 0.4) is 0 Å². The van der Waals surface area contributed by atoms with E-state index in [0.29, 0.717) is 32.2 Å². The molecule has 0 bridgehead atoms. The van der Waals surface area contributed by atoms with Gasteiger partial charge in [0.05, 0.1) is 0 Å². The van der Waals surface area contributed by atoms with Crippen molar-refractivity contribution in [2.24, 2.45) is 16.4 Å². The van der Waals surface area contributed by atoms with Gasteiger partial charge in [0.1, 0.15) is 5.78 Å². The van der Waals surface area contributed by atoms with Crippen molar-refractivity contribution < 1.29 is 4.79 Å². The second-order valence-electron chi connectivity index (χ2n) is 5.27. The van der Waals surface area contributed by atoms with Crippen molar-refractivity contribution in [1.82, 2.24) is 0 Å². The number of azide groups is 1. The van der Waals surface area contributed by atoms with Gasteiger partial charge in [-0.25, -0.2) is 0 Å². The van der Waals surface area contributed by atoms with Crippen molar-refractivity contribution in [1.29, 1.82) is 0 Å². The van der Waals surface area contributed by atoms with Gasteiger partial charge in [-0.3, -0.25) is 4.79 Å². The lowest BCUT2D eigenvalue weighted by Gasteiger charge is -2.28. The fourth-order valence-corrected chi connectivity index (χ4v) is 1.60. The molecule has 0 rings (SSSR count). The molecule has 0 saturated carbocycles. The third kappa shape index (κ3) is 7.43. The molecule has 1 unspecified atom stereocenters. The van der Waals surface area contributed by atoms with Crippen molar-refractivity contribution in [2.75, 3.05) is 6.54 Å². The average molecular weight is 235 g/mol. The number of rotatable bonds is 7. The first kappa shape index (κ1) is 15.5. The van der Waals surface area contributed by atoms with E-state index in [0.717, 1.165) is 0 Å². The molecule has 0 aliphatic rings. The van der Waals surface area contributed by atoms with Crippen molar-refractivity contribution in [3.8, 4) is 12.3 Å². The number of carbonyl (C=O) groups is 1. The molecule has 0 spiro atoms. The van der Waals surface area contributed by atoms with Crippen LogP contribution in [-0.2, 0) is 4.79 Å². The van der Waals surface area contributed by atoms with Crippen LogP contribution in [0.4, 0.5) is 0 Å². The fourth-order valence-electron chi connectivity index (χ4n) is 1.60. The summed E-state index contributed by atoms with van der Waals surface area (Å²) in [5.41, 5.74) is 8.15. The molecule has 0 aliphatic carbocycles. The van der Waals surface area contributed by atoms with E-state index in [-0.39, 0.29) is 17.1 Å². The highest BCUT2D eigenvalue weighted by atomic mass is 16.1. The van der Waals surface area contributed by atoms with Crippen LogP contribution in [0.25, 0.3) is 10.4 Å². The third-order valence-corrected chi connectivity index (χ3v) is 2.84. The predicted octanol–water partition coefficient (Wildman–Crippen LogP) is 3.72. The molecule has 94 valence electrons. The molecule has 0 amide bonds. The van der Waals surface area contributed by atoms with Gasteiger partial charge in [0, 0.05) is 30.7 Å². The molecule has 0 aromatic heterocycles. The van der Waals surface area contributed by atoms with Gasteiger partial charge in [0.15, 0.2) is 0 Å². The summed E-state index contributed by atoms with van der Waals surface area (Å²) in [5, 5.41) is 3.40. The maximum atomic E-state index is 11.7. The summed E-state index contributed by atoms with van der Waals surface area (Å²) in [4.78, 5) is 14.4. The Balaban J connectivity index is 4.14. The number of carbonyl (C=O) groups excluding carboxylic acids is 1. The molecule has 0 aromatic rings. The van der Waals surface area contributed by atoms with Gasteiger partial charge >= 0.3 is 0 Å². The van der Waals surface area contributed by atoms with Crippen molar-refractivity contribution in [2.45, 2.75) is 46.5 Å². The molecule has 4 nitrogen and oxygen atoms in total. The molecule has 0 aromatic carbocycles. The predicted molar refractivity (Wildman–Crippen MR) is 69.3 cm³/mol. The summed E-state index contributed by atoms with van der Waals surface area (Å²) in [6, 6.07) is 0. The molecule has 0 saturated heterocycles. The number of hydrogen-bond acceptors (Lipinski definition) is 2. The minimum absolute atomic E-state index is 0.0484. The minimum Gasteiger partial charge on any atom is -0.300 e. The van der Waals surface area contributed by atoms with Crippen molar-refractivity contribution in [3.63, 3.8) is 0 Å². The van der Waals surface area contributed by atoms with Gasteiger partial charge in [-0.2, -0.15) is 0 Å². The highest BCUT2D eigenvalue weighted by molar-refractivity contribution is 5.78. The summed E-state index contributed by atoms with van der Waals surface area (Å²) in [7, 11) is 0. The first-order valence-electron chi connectivity index (χ1n) is 5.87. The van der Waals surface area contributed by atoms with Crippen LogP contribution in [0, 0.1) is 23.7 Å². The Labute approximate surface area is 103 Å². The second kappa shape index (κ2) is 7.76. The van der Waals surface area contributed by atoms with E-state index in [1.165, 1.54) is 0 Å². The quantitative estimate of drug-likeness (QED) is 0.218. The van der Waals surface area contributed by atoms with Gasteiger partial charge in [0.2, 0.25) is 0 Å². The van der Waals surface area contributed by atoms with Gasteiger partial charge in [0.25, 0.3) is 0 Å². The van der Waals surface area contributed by atoms with Gasteiger partial charge < -0.3 is 0 Å². The van der Waals surface area contributed by atoms with E-state index in [2.05, 4.69) is 36.7 Å². The highest BCUT2D eigenvalue weighted by Gasteiger charge is 2.25. The van der Waals surface area contributed by atoms with Crippen LogP contribution >= 0.6 is 0 Å². The lowest BCUT2D eigenvalue weighted by molar-refractivity contribution is -0.120. The molecule has 0 N–H and O–H groups in total. The Hall–Kier alpha value is -1.46. The summed E-state index contributed by atoms with van der Waals surface area (Å²) in [5.74, 6) is 3.06. The maximum absolute atomic E-state index is 11.7. The Morgan fingerprint density at radius 2 is 2.18 bits per heavy atom. The highest BCUT2D eigenvalue weighted by Crippen LogP contribution is 2.31. The molecule has 4 heteroatoms. The summed E-state index contributed by atoms with van der Waals surface area (Å²) < 4.78 is 0. The van der Waals surface area contributed by atoms with Crippen LogP contribution in [0.1, 0.15) is 46.5 Å². The fraction of sp³-hybridized carbons (Fsp3) is 0.769. The zero-order valence-corrected chi connectivity index (χ0v) is 10.9. The number of hydrogen-bond donors (Lipinski definition) is 0. The zero-order valence-electron chi connectivity index (χ0n) is 10.9. The average Bonchev–Trinajstić information content (AvgIpc) is 2.22. The topological polar surface area (TPSA) is 65.8 Å². The number of Topliss-reactive ketones (excluding diaryl/α,β-unsaturated/α-hetero) is 1. The van der Waals surface area contributed by atoms with E-state index in [1.54, 1.807) is 0 Å². The first-order valence-corrected chi connectivity index (χ1v) is 5.87. The van der Waals surface area contributed by atoms with Crippen molar-refractivity contribution >= 4 is 5.78 Å². The third-order valence-electron chi connectivity index (χ3n) is 2.84. The SMILES string of the molecule is C#CCC(CC(=O)CCCN=[N+]=[N-])C(C)(C)C. The van der Waals surface area contributed by atoms with E-state index in [1.807, 2.05) is 0 Å². The summed E-state index contributed by atoms with van der Waals surface area (Å²) in [6.45, 7) is 6.68.